The molecule has 0 unspecified atom stereocenters. The lowest BCUT2D eigenvalue weighted by molar-refractivity contribution is 0.0696. The summed E-state index contributed by atoms with van der Waals surface area (Å²) >= 11 is 0. The lowest BCUT2D eigenvalue weighted by Gasteiger charge is -2.09. The van der Waals surface area contributed by atoms with Crippen molar-refractivity contribution in [3.63, 3.8) is 0 Å². The van der Waals surface area contributed by atoms with E-state index in [0.29, 0.717) is 0 Å². The van der Waals surface area contributed by atoms with Crippen LogP contribution in [0.2, 0.25) is 0 Å². The fraction of sp³-hybridized carbons (Fsp3) is 0.0714. The number of nitrogens with one attached hydrogen (secondary N) is 1. The summed E-state index contributed by atoms with van der Waals surface area (Å²) in [5.41, 5.74) is 0.684. The molecule has 6 nitrogen and oxygen atoms in total. The molecular weight excluding hydrogens is 294 g/mol. The van der Waals surface area contributed by atoms with Crippen LogP contribution in [0.5, 0.6) is 5.75 Å². The molecule has 0 aromatic heterocycles. The molecule has 3 N–H and O–H groups in total. The highest BCUT2D eigenvalue weighted by Crippen LogP contribution is 2.23. The molecule has 0 aliphatic rings. The first-order valence-electron chi connectivity index (χ1n) is 5.95. The predicted molar refractivity (Wildman–Crippen MR) is 77.1 cm³/mol. The molecule has 7 heteroatoms. The van der Waals surface area contributed by atoms with Crippen LogP contribution in [0.4, 0.5) is 5.69 Å². The van der Waals surface area contributed by atoms with E-state index >= 15 is 0 Å². The van der Waals surface area contributed by atoms with E-state index in [2.05, 4.69) is 4.72 Å². The lowest BCUT2D eigenvalue weighted by atomic mass is 10.2. The number of rotatable bonds is 4. The lowest BCUT2D eigenvalue weighted by Crippen LogP contribution is -2.13. The van der Waals surface area contributed by atoms with Gasteiger partial charge in [0.25, 0.3) is 10.0 Å². The summed E-state index contributed by atoms with van der Waals surface area (Å²) in [5.74, 6) is -1.60. The van der Waals surface area contributed by atoms with Crippen LogP contribution in [0.1, 0.15) is 15.9 Å². The molecule has 0 spiro atoms. The van der Waals surface area contributed by atoms with E-state index in [9.17, 15) is 18.3 Å². The molecule has 2 aromatic rings. The number of aromatic hydroxyl groups is 1. The molecular formula is C14H13NO5S. The second kappa shape index (κ2) is 5.45. The van der Waals surface area contributed by atoms with E-state index in [4.69, 9.17) is 5.11 Å². The van der Waals surface area contributed by atoms with Crippen molar-refractivity contribution in [3.8, 4) is 5.75 Å². The number of aromatic carboxylic acids is 1. The fourth-order valence-corrected chi connectivity index (χ4v) is 2.77. The van der Waals surface area contributed by atoms with Crippen molar-refractivity contribution in [2.75, 3.05) is 4.72 Å². The highest BCUT2D eigenvalue weighted by Gasteiger charge is 2.15. The molecule has 0 saturated heterocycles. The van der Waals surface area contributed by atoms with Gasteiger partial charge in [-0.1, -0.05) is 17.7 Å². The van der Waals surface area contributed by atoms with Gasteiger partial charge in [0.1, 0.15) is 5.75 Å². The number of carboxylic acid groups (broad SMARTS) is 1. The summed E-state index contributed by atoms with van der Waals surface area (Å²) < 4.78 is 26.6. The van der Waals surface area contributed by atoms with E-state index in [0.717, 1.165) is 23.8 Å². The smallest absolute Gasteiger partial charge is 0.335 e. The van der Waals surface area contributed by atoms with Gasteiger partial charge in [0.05, 0.1) is 16.1 Å². The van der Waals surface area contributed by atoms with Crippen LogP contribution in [0.15, 0.2) is 47.4 Å². The largest absolute Gasteiger partial charge is 0.508 e. The van der Waals surface area contributed by atoms with Crippen LogP contribution in [-0.2, 0) is 10.0 Å². The number of phenols is 1. The molecule has 21 heavy (non-hydrogen) atoms. The monoisotopic (exact) mass is 307 g/mol. The molecule has 0 radical (unpaired) electrons. The van der Waals surface area contributed by atoms with Crippen LogP contribution in [-0.4, -0.2) is 24.6 Å². The minimum Gasteiger partial charge on any atom is -0.508 e. The molecule has 0 bridgehead atoms. The molecule has 0 aliphatic carbocycles. The van der Waals surface area contributed by atoms with Crippen molar-refractivity contribution < 1.29 is 23.4 Å². The normalized spacial score (nSPS) is 11.1. The maximum absolute atomic E-state index is 12.2. The van der Waals surface area contributed by atoms with Crippen molar-refractivity contribution >= 4 is 21.7 Å². The number of anilines is 1. The Morgan fingerprint density at radius 2 is 1.71 bits per heavy atom. The van der Waals surface area contributed by atoms with Crippen molar-refractivity contribution in [1.29, 1.82) is 0 Å². The summed E-state index contributed by atoms with van der Waals surface area (Å²) in [6, 6.07) is 9.49. The Kier molecular flexibility index (Phi) is 3.86. The number of carbonyl (C=O) groups is 1. The molecule has 0 heterocycles. The number of phenolic OH excluding ortho intramolecular Hbond substituents is 1. The van der Waals surface area contributed by atoms with Crippen LogP contribution in [0.3, 0.4) is 0 Å². The molecule has 0 atom stereocenters. The molecule has 0 amide bonds. The van der Waals surface area contributed by atoms with Crippen molar-refractivity contribution in [2.24, 2.45) is 0 Å². The van der Waals surface area contributed by atoms with Gasteiger partial charge in [-0.2, -0.15) is 0 Å². The number of benzene rings is 2. The molecule has 0 saturated carbocycles. The van der Waals surface area contributed by atoms with E-state index < -0.39 is 16.0 Å². The highest BCUT2D eigenvalue weighted by molar-refractivity contribution is 7.92. The average molecular weight is 307 g/mol. The van der Waals surface area contributed by atoms with Gasteiger partial charge in [0.15, 0.2) is 0 Å². The molecule has 0 aliphatic heterocycles. The third kappa shape index (κ3) is 3.51. The predicted octanol–water partition coefficient (Wildman–Crippen LogP) is 2.20. The maximum Gasteiger partial charge on any atom is 0.335 e. The first-order valence-corrected chi connectivity index (χ1v) is 7.43. The Labute approximate surface area is 121 Å². The summed E-state index contributed by atoms with van der Waals surface area (Å²) in [4.78, 5) is 10.9. The number of carboxylic acids is 1. The SMILES string of the molecule is Cc1ccc(S(=O)(=O)Nc2cc(O)cc(C(=O)O)c2)cc1. The quantitative estimate of drug-likeness (QED) is 0.803. The van der Waals surface area contributed by atoms with Gasteiger partial charge in [0, 0.05) is 6.07 Å². The molecule has 0 fully saturated rings. The van der Waals surface area contributed by atoms with Gasteiger partial charge in [-0.15, -0.1) is 0 Å². The van der Waals surface area contributed by atoms with Gasteiger partial charge in [0.2, 0.25) is 0 Å². The van der Waals surface area contributed by atoms with E-state index in [1.54, 1.807) is 12.1 Å². The van der Waals surface area contributed by atoms with Gasteiger partial charge in [-0.25, -0.2) is 13.2 Å². The van der Waals surface area contributed by atoms with E-state index in [1.807, 2.05) is 6.92 Å². The average Bonchev–Trinajstić information content (AvgIpc) is 2.37. The summed E-state index contributed by atoms with van der Waals surface area (Å²) in [6.07, 6.45) is 0. The number of hydrogen-bond acceptors (Lipinski definition) is 4. The van der Waals surface area contributed by atoms with Crippen LogP contribution < -0.4 is 4.72 Å². The Hall–Kier alpha value is -2.54. The first-order chi connectivity index (χ1) is 9.78. The van der Waals surface area contributed by atoms with Crippen molar-refractivity contribution in [1.82, 2.24) is 0 Å². The number of aryl methyl sites for hydroxylation is 1. The van der Waals surface area contributed by atoms with Crippen LogP contribution >= 0.6 is 0 Å². The van der Waals surface area contributed by atoms with Gasteiger partial charge in [-0.05, 0) is 31.2 Å². The molecule has 2 aromatic carbocycles. The number of sulfonamides is 1. The third-order valence-corrected chi connectivity index (χ3v) is 4.15. The minimum atomic E-state index is -3.84. The molecule has 2 rings (SSSR count). The third-order valence-electron chi connectivity index (χ3n) is 2.75. The van der Waals surface area contributed by atoms with Crippen molar-refractivity contribution in [2.45, 2.75) is 11.8 Å². The Morgan fingerprint density at radius 1 is 1.10 bits per heavy atom. The van der Waals surface area contributed by atoms with Gasteiger partial charge < -0.3 is 10.2 Å². The van der Waals surface area contributed by atoms with Gasteiger partial charge >= 0.3 is 5.97 Å². The van der Waals surface area contributed by atoms with Crippen LogP contribution in [0, 0.1) is 6.92 Å². The van der Waals surface area contributed by atoms with Crippen LogP contribution in [0.25, 0.3) is 0 Å². The topological polar surface area (TPSA) is 104 Å². The zero-order chi connectivity index (χ0) is 15.6. The summed E-state index contributed by atoms with van der Waals surface area (Å²) in [6.45, 7) is 1.83. The second-order valence-electron chi connectivity index (χ2n) is 4.49. The first kappa shape index (κ1) is 14.9. The summed E-state index contributed by atoms with van der Waals surface area (Å²) in [5, 5.41) is 18.3. The Bertz CT molecular complexity index is 782. The Balaban J connectivity index is 2.36. The van der Waals surface area contributed by atoms with E-state index in [1.165, 1.54) is 12.1 Å². The van der Waals surface area contributed by atoms with E-state index in [-0.39, 0.29) is 21.9 Å². The fourth-order valence-electron chi connectivity index (χ4n) is 1.73. The van der Waals surface area contributed by atoms with Crippen molar-refractivity contribution in [3.05, 3.63) is 53.6 Å². The second-order valence-corrected chi connectivity index (χ2v) is 6.17. The zero-order valence-electron chi connectivity index (χ0n) is 11.1. The Morgan fingerprint density at radius 3 is 2.29 bits per heavy atom. The molecule has 110 valence electrons. The number of hydrogen-bond donors (Lipinski definition) is 3. The highest BCUT2D eigenvalue weighted by atomic mass is 32.2. The minimum absolute atomic E-state index is 0.0204. The zero-order valence-corrected chi connectivity index (χ0v) is 11.9. The summed E-state index contributed by atoms with van der Waals surface area (Å²) in [7, 11) is -3.84. The maximum atomic E-state index is 12.2. The standard InChI is InChI=1S/C14H13NO5S/c1-9-2-4-13(5-3-9)21(19,20)15-11-6-10(14(17)18)7-12(16)8-11/h2-8,15-16H,1H3,(H,17,18). The van der Waals surface area contributed by atoms with Gasteiger partial charge in [-0.3, -0.25) is 4.72 Å².